The molecule has 1 heterocycles. The molecule has 0 spiro atoms. The fourth-order valence-electron chi connectivity index (χ4n) is 1.87. The first-order chi connectivity index (χ1) is 11.7. The summed E-state index contributed by atoms with van der Waals surface area (Å²) in [5, 5.41) is 3.95. The van der Waals surface area contributed by atoms with Crippen molar-refractivity contribution in [2.45, 2.75) is 16.3 Å². The third kappa shape index (κ3) is 5.20. The average Bonchev–Trinajstić information content (AvgIpc) is 2.91. The number of hydrogen-bond donors (Lipinski definition) is 0. The zero-order valence-corrected chi connectivity index (χ0v) is 15.8. The minimum atomic E-state index is -3.92. The van der Waals surface area contributed by atoms with E-state index in [0.29, 0.717) is 14.0 Å². The number of benzene rings is 1. The predicted octanol–water partition coefficient (Wildman–Crippen LogP) is 3.88. The van der Waals surface area contributed by atoms with Crippen molar-refractivity contribution in [1.82, 2.24) is 14.1 Å². The minimum absolute atomic E-state index is 0.143. The van der Waals surface area contributed by atoms with E-state index in [9.17, 15) is 17.2 Å². The Morgan fingerprint density at radius 1 is 1.40 bits per heavy atom. The third-order valence-electron chi connectivity index (χ3n) is 2.94. The number of halogens is 3. The van der Waals surface area contributed by atoms with E-state index in [1.807, 2.05) is 0 Å². The van der Waals surface area contributed by atoms with Crippen molar-refractivity contribution >= 4 is 33.4 Å². The van der Waals surface area contributed by atoms with Gasteiger partial charge in [-0.3, -0.25) is 0 Å². The zero-order chi connectivity index (χ0) is 18.6. The maximum Gasteiger partial charge on any atom is 0.268 e. The van der Waals surface area contributed by atoms with Gasteiger partial charge in [-0.1, -0.05) is 35.5 Å². The van der Waals surface area contributed by atoms with Gasteiger partial charge in [0.1, 0.15) is 5.03 Å². The third-order valence-corrected chi connectivity index (χ3v) is 5.80. The van der Waals surface area contributed by atoms with Gasteiger partial charge in [-0.25, -0.2) is 17.2 Å². The molecular weight excluding hydrogens is 392 g/mol. The molecule has 0 fully saturated rings. The number of nitrogens with zero attached hydrogens (tertiary/aromatic N) is 3. The summed E-state index contributed by atoms with van der Waals surface area (Å²) >= 11 is 6.78. The Labute approximate surface area is 154 Å². The van der Waals surface area contributed by atoms with Crippen molar-refractivity contribution in [2.75, 3.05) is 19.8 Å². The minimum Gasteiger partial charge on any atom is -0.384 e. The van der Waals surface area contributed by atoms with Gasteiger partial charge in [-0.2, -0.15) is 9.19 Å². The van der Waals surface area contributed by atoms with Crippen molar-refractivity contribution < 1.29 is 17.2 Å². The van der Waals surface area contributed by atoms with Gasteiger partial charge in [-0.05, 0) is 24.4 Å². The van der Waals surface area contributed by atoms with Crippen LogP contribution >= 0.6 is 23.4 Å². The quantitative estimate of drug-likeness (QED) is 0.697. The lowest BCUT2D eigenvalue weighted by Crippen LogP contribution is -2.18. The molecular formula is C15H16ClF2N3O2S2. The van der Waals surface area contributed by atoms with E-state index in [0.717, 1.165) is 18.0 Å². The highest BCUT2D eigenvalue weighted by atomic mass is 35.5. The molecule has 0 atom stereocenters. The molecule has 0 amide bonds. The molecule has 0 aliphatic rings. The highest BCUT2D eigenvalue weighted by Crippen LogP contribution is 2.36. The second-order valence-corrected chi connectivity index (χ2v) is 8.58. The van der Waals surface area contributed by atoms with Crippen LogP contribution in [0, 0.1) is 0 Å². The van der Waals surface area contributed by atoms with E-state index in [4.69, 9.17) is 11.6 Å². The highest BCUT2D eigenvalue weighted by molar-refractivity contribution is 8.00. The van der Waals surface area contributed by atoms with Crippen molar-refractivity contribution in [1.29, 1.82) is 0 Å². The molecule has 0 saturated heterocycles. The van der Waals surface area contributed by atoms with Crippen molar-refractivity contribution in [3.8, 4) is 0 Å². The second-order valence-electron chi connectivity index (χ2n) is 5.24. The van der Waals surface area contributed by atoms with Gasteiger partial charge < -0.3 is 4.90 Å². The Hall–Kier alpha value is -1.58. The maximum absolute atomic E-state index is 13.3. The van der Waals surface area contributed by atoms with Crippen molar-refractivity contribution in [3.63, 3.8) is 0 Å². The van der Waals surface area contributed by atoms with Gasteiger partial charge in [0.15, 0.2) is 0 Å². The van der Waals surface area contributed by atoms with E-state index < -0.39 is 22.0 Å². The summed E-state index contributed by atoms with van der Waals surface area (Å²) in [6.45, 7) is 0. The summed E-state index contributed by atoms with van der Waals surface area (Å²) in [5.41, 5.74) is -0.440. The fourth-order valence-corrected chi connectivity index (χ4v) is 4.53. The number of rotatable bonds is 7. The van der Waals surface area contributed by atoms with Gasteiger partial charge in [0.25, 0.3) is 16.4 Å². The summed E-state index contributed by atoms with van der Waals surface area (Å²) in [6, 6.07) is 6.51. The van der Waals surface area contributed by atoms with Gasteiger partial charge in [-0.15, -0.1) is 0 Å². The molecule has 25 heavy (non-hydrogen) atoms. The molecule has 0 bridgehead atoms. The Kier molecular flexibility index (Phi) is 6.47. The Morgan fingerprint density at radius 3 is 2.72 bits per heavy atom. The van der Waals surface area contributed by atoms with Crippen molar-refractivity contribution in [3.05, 3.63) is 53.3 Å². The van der Waals surface area contributed by atoms with Crippen LogP contribution < -0.4 is 0 Å². The van der Waals surface area contributed by atoms with Gasteiger partial charge in [0.2, 0.25) is 0 Å². The molecule has 5 nitrogen and oxygen atoms in total. The molecule has 10 heteroatoms. The SMILES string of the molecule is CN(C)C=CCS(=O)(=O)n1ncc(C(F)F)c1Sc1cccc(Cl)c1. The lowest BCUT2D eigenvalue weighted by molar-refractivity contribution is 0.148. The highest BCUT2D eigenvalue weighted by Gasteiger charge is 2.26. The molecule has 0 aliphatic carbocycles. The lowest BCUT2D eigenvalue weighted by atomic mass is 10.4. The molecule has 2 rings (SSSR count). The van der Waals surface area contributed by atoms with E-state index in [1.54, 1.807) is 49.5 Å². The van der Waals surface area contributed by atoms with Crippen LogP contribution in [0.1, 0.15) is 12.0 Å². The van der Waals surface area contributed by atoms with Crippen LogP contribution in [0.15, 0.2) is 52.7 Å². The lowest BCUT2D eigenvalue weighted by Gasteiger charge is -2.10. The number of aromatic nitrogens is 2. The van der Waals surface area contributed by atoms with Crippen LogP contribution in [0.3, 0.4) is 0 Å². The molecule has 2 aromatic rings. The van der Waals surface area contributed by atoms with Gasteiger partial charge in [0, 0.05) is 24.0 Å². The first-order valence-corrected chi connectivity index (χ1v) is 9.87. The zero-order valence-electron chi connectivity index (χ0n) is 13.4. The summed E-state index contributed by atoms with van der Waals surface area (Å²) in [4.78, 5) is 2.21. The summed E-state index contributed by atoms with van der Waals surface area (Å²) in [7, 11) is -0.440. The van der Waals surface area contributed by atoms with Crippen LogP contribution in [0.2, 0.25) is 5.02 Å². The topological polar surface area (TPSA) is 55.2 Å². The largest absolute Gasteiger partial charge is 0.384 e. The molecule has 1 aromatic heterocycles. The Morgan fingerprint density at radius 2 is 2.12 bits per heavy atom. The number of alkyl halides is 2. The monoisotopic (exact) mass is 407 g/mol. The smallest absolute Gasteiger partial charge is 0.268 e. The number of hydrogen-bond acceptors (Lipinski definition) is 5. The van der Waals surface area contributed by atoms with E-state index in [-0.39, 0.29) is 10.8 Å². The standard InChI is InChI=1S/C15H16ClF2N3O2S2/c1-20(2)7-4-8-25(22,23)21-15(13(10-19-21)14(17)18)24-12-6-3-5-11(16)9-12/h3-7,9-10,14H,8H2,1-2H3. The van der Waals surface area contributed by atoms with Crippen LogP contribution in [0.5, 0.6) is 0 Å². The fraction of sp³-hybridized carbons (Fsp3) is 0.267. The Bertz CT molecular complexity index is 867. The molecule has 0 unspecified atom stereocenters. The van der Waals surface area contributed by atoms with Crippen LogP contribution in [0.4, 0.5) is 8.78 Å². The second kappa shape index (κ2) is 8.20. The summed E-state index contributed by atoms with van der Waals surface area (Å²) in [6.07, 6.45) is 1.03. The molecule has 1 aromatic carbocycles. The first-order valence-electron chi connectivity index (χ1n) is 7.06. The molecule has 136 valence electrons. The van der Waals surface area contributed by atoms with Gasteiger partial charge >= 0.3 is 0 Å². The predicted molar refractivity (Wildman–Crippen MR) is 94.8 cm³/mol. The normalized spacial score (nSPS) is 12.2. The summed E-state index contributed by atoms with van der Waals surface area (Å²) in [5.74, 6) is -0.362. The Balaban J connectivity index is 2.42. The molecule has 0 radical (unpaired) electrons. The van der Waals surface area contributed by atoms with E-state index >= 15 is 0 Å². The maximum atomic E-state index is 13.3. The first kappa shape index (κ1) is 19.7. The average molecular weight is 408 g/mol. The summed E-state index contributed by atoms with van der Waals surface area (Å²) < 4.78 is 52.1. The molecule has 0 aliphatic heterocycles. The molecule has 0 N–H and O–H groups in total. The van der Waals surface area contributed by atoms with Crippen molar-refractivity contribution in [2.24, 2.45) is 0 Å². The van der Waals surface area contributed by atoms with Crippen LogP contribution in [-0.4, -0.2) is 42.4 Å². The van der Waals surface area contributed by atoms with Gasteiger partial charge in [0.05, 0.1) is 17.5 Å². The van der Waals surface area contributed by atoms with Crippen LogP contribution in [-0.2, 0) is 10.0 Å². The van der Waals surface area contributed by atoms with Crippen LogP contribution in [0.25, 0.3) is 0 Å². The molecule has 0 saturated carbocycles. The van der Waals surface area contributed by atoms with E-state index in [2.05, 4.69) is 5.10 Å². The van der Waals surface area contributed by atoms with E-state index in [1.165, 1.54) is 6.08 Å².